The molecule has 3 aliphatic rings. The van der Waals surface area contributed by atoms with Crippen LogP contribution in [0.4, 0.5) is 4.79 Å². The van der Waals surface area contributed by atoms with Gasteiger partial charge in [-0.25, -0.2) is 4.79 Å². The quantitative estimate of drug-likeness (QED) is 0.779. The molecule has 2 aliphatic heterocycles. The Labute approximate surface area is 124 Å². The first-order chi connectivity index (χ1) is 10.0. The van der Waals surface area contributed by atoms with Crippen LogP contribution >= 0.6 is 0 Å². The Bertz CT molecular complexity index is 471. The minimum atomic E-state index is -0.717. The third kappa shape index (κ3) is 2.40. The molecule has 1 N–H and O–H groups in total. The molecule has 0 radical (unpaired) electrons. The maximum atomic E-state index is 12.5. The van der Waals surface area contributed by atoms with Crippen molar-refractivity contribution in [3.05, 3.63) is 0 Å². The van der Waals surface area contributed by atoms with Crippen molar-refractivity contribution in [3.8, 4) is 0 Å². The number of carbonyl (C=O) groups is 3. The summed E-state index contributed by atoms with van der Waals surface area (Å²) in [5.74, 6) is -0.316. The Morgan fingerprint density at radius 1 is 1.24 bits per heavy atom. The Morgan fingerprint density at radius 3 is 2.62 bits per heavy atom. The lowest BCUT2D eigenvalue weighted by Crippen LogP contribution is -2.49. The number of hydrogen-bond acceptors (Lipinski definition) is 3. The molecule has 21 heavy (non-hydrogen) atoms. The second-order valence-electron chi connectivity index (χ2n) is 6.54. The number of amides is 4. The van der Waals surface area contributed by atoms with E-state index in [1.807, 2.05) is 11.8 Å². The van der Waals surface area contributed by atoms with Gasteiger partial charge in [-0.1, -0.05) is 12.8 Å². The lowest BCUT2D eigenvalue weighted by Gasteiger charge is -2.34. The van der Waals surface area contributed by atoms with E-state index in [0.717, 1.165) is 43.5 Å². The maximum absolute atomic E-state index is 12.5. The van der Waals surface area contributed by atoms with Gasteiger partial charge < -0.3 is 10.2 Å². The molecule has 0 aromatic rings. The topological polar surface area (TPSA) is 69.7 Å². The molecule has 0 aromatic carbocycles. The second kappa shape index (κ2) is 5.31. The number of nitrogens with zero attached hydrogens (tertiary/aromatic N) is 2. The van der Waals surface area contributed by atoms with Crippen LogP contribution in [0.1, 0.15) is 51.9 Å². The van der Waals surface area contributed by atoms with E-state index in [1.165, 1.54) is 0 Å². The number of likely N-dealkylation sites (tertiary alicyclic amines) is 1. The lowest BCUT2D eigenvalue weighted by molar-refractivity contribution is -0.140. The van der Waals surface area contributed by atoms with E-state index < -0.39 is 11.6 Å². The van der Waals surface area contributed by atoms with Gasteiger partial charge in [0.05, 0.1) is 0 Å². The number of hydrogen-bond donors (Lipinski definition) is 1. The molecular formula is C15H23N3O3. The average Bonchev–Trinajstić information content (AvgIpc) is 3.01. The molecule has 0 aromatic heterocycles. The fourth-order valence-corrected chi connectivity index (χ4v) is 3.83. The monoisotopic (exact) mass is 293 g/mol. The van der Waals surface area contributed by atoms with Crippen molar-refractivity contribution in [1.82, 2.24) is 15.1 Å². The van der Waals surface area contributed by atoms with Crippen LogP contribution < -0.4 is 5.32 Å². The SMILES string of the molecule is CC1CCCCN1C(=O)CN1C(=O)NC2(CCCC2)C1=O. The highest BCUT2D eigenvalue weighted by Crippen LogP contribution is 2.35. The third-order valence-electron chi connectivity index (χ3n) is 5.12. The van der Waals surface area contributed by atoms with Crippen molar-refractivity contribution < 1.29 is 14.4 Å². The summed E-state index contributed by atoms with van der Waals surface area (Å²) >= 11 is 0. The van der Waals surface area contributed by atoms with E-state index in [0.29, 0.717) is 12.8 Å². The summed E-state index contributed by atoms with van der Waals surface area (Å²) in [6, 6.07) is -0.202. The van der Waals surface area contributed by atoms with E-state index in [9.17, 15) is 14.4 Å². The zero-order valence-electron chi connectivity index (χ0n) is 12.6. The van der Waals surface area contributed by atoms with E-state index in [4.69, 9.17) is 0 Å². The minimum Gasteiger partial charge on any atom is -0.338 e. The smallest absolute Gasteiger partial charge is 0.325 e. The molecule has 0 bridgehead atoms. The molecule has 3 fully saturated rings. The average molecular weight is 293 g/mol. The Hall–Kier alpha value is -1.59. The van der Waals surface area contributed by atoms with Gasteiger partial charge in [-0.15, -0.1) is 0 Å². The Kier molecular flexibility index (Phi) is 3.63. The molecule has 4 amide bonds. The van der Waals surface area contributed by atoms with E-state index >= 15 is 0 Å². The first kappa shape index (κ1) is 14.4. The van der Waals surface area contributed by atoms with Crippen molar-refractivity contribution in [3.63, 3.8) is 0 Å². The van der Waals surface area contributed by atoms with Crippen molar-refractivity contribution in [2.75, 3.05) is 13.1 Å². The van der Waals surface area contributed by atoms with Crippen LogP contribution in [-0.4, -0.2) is 52.3 Å². The number of rotatable bonds is 2. The zero-order valence-corrected chi connectivity index (χ0v) is 12.6. The number of urea groups is 1. The zero-order chi connectivity index (χ0) is 15.0. The summed E-state index contributed by atoms with van der Waals surface area (Å²) in [6.45, 7) is 2.65. The third-order valence-corrected chi connectivity index (χ3v) is 5.12. The van der Waals surface area contributed by atoms with Gasteiger partial charge in [0.1, 0.15) is 12.1 Å². The summed E-state index contributed by atoms with van der Waals surface area (Å²) in [7, 11) is 0. The number of piperidine rings is 1. The van der Waals surface area contributed by atoms with Crippen LogP contribution in [-0.2, 0) is 9.59 Å². The molecule has 116 valence electrons. The van der Waals surface area contributed by atoms with Crippen LogP contribution in [0.3, 0.4) is 0 Å². The molecule has 6 heteroatoms. The molecular weight excluding hydrogens is 270 g/mol. The van der Waals surface area contributed by atoms with E-state index in [1.54, 1.807) is 0 Å². The Balaban J connectivity index is 1.68. The predicted molar refractivity (Wildman–Crippen MR) is 76.5 cm³/mol. The van der Waals surface area contributed by atoms with Crippen LogP contribution in [0.25, 0.3) is 0 Å². The van der Waals surface area contributed by atoms with Crippen LogP contribution in [0.5, 0.6) is 0 Å². The number of imide groups is 1. The molecule has 1 aliphatic carbocycles. The van der Waals surface area contributed by atoms with Gasteiger partial charge in [-0.2, -0.15) is 0 Å². The minimum absolute atomic E-state index is 0.110. The van der Waals surface area contributed by atoms with E-state index in [-0.39, 0.29) is 24.4 Å². The molecule has 1 spiro atoms. The van der Waals surface area contributed by atoms with Crippen LogP contribution in [0.2, 0.25) is 0 Å². The second-order valence-corrected chi connectivity index (χ2v) is 6.54. The summed E-state index contributed by atoms with van der Waals surface area (Å²) < 4.78 is 0. The standard InChI is InChI=1S/C15H23N3O3/c1-11-6-2-5-9-17(11)12(19)10-18-13(20)15(16-14(18)21)7-3-4-8-15/h11H,2-10H2,1H3,(H,16,21). The van der Waals surface area contributed by atoms with E-state index in [2.05, 4.69) is 5.32 Å². The van der Waals surface area contributed by atoms with Crippen molar-refractivity contribution in [2.45, 2.75) is 63.5 Å². The normalized spacial score (nSPS) is 28.3. The number of nitrogens with one attached hydrogen (secondary N) is 1. The first-order valence-corrected chi connectivity index (χ1v) is 7.97. The molecule has 1 unspecified atom stereocenters. The summed E-state index contributed by atoms with van der Waals surface area (Å²) in [5.41, 5.74) is -0.717. The number of carbonyl (C=O) groups excluding carboxylic acids is 3. The summed E-state index contributed by atoms with van der Waals surface area (Å²) in [5, 5.41) is 2.82. The van der Waals surface area contributed by atoms with Crippen LogP contribution in [0, 0.1) is 0 Å². The fraction of sp³-hybridized carbons (Fsp3) is 0.800. The highest BCUT2D eigenvalue weighted by atomic mass is 16.2. The first-order valence-electron chi connectivity index (χ1n) is 7.97. The van der Waals surface area contributed by atoms with Gasteiger partial charge in [0.15, 0.2) is 0 Å². The van der Waals surface area contributed by atoms with Gasteiger partial charge in [0, 0.05) is 12.6 Å². The Morgan fingerprint density at radius 2 is 1.95 bits per heavy atom. The molecule has 1 atom stereocenters. The van der Waals surface area contributed by atoms with Crippen LogP contribution in [0.15, 0.2) is 0 Å². The van der Waals surface area contributed by atoms with Gasteiger partial charge in [-0.3, -0.25) is 14.5 Å². The molecule has 1 saturated carbocycles. The molecule has 2 saturated heterocycles. The lowest BCUT2D eigenvalue weighted by atomic mass is 9.98. The summed E-state index contributed by atoms with van der Waals surface area (Å²) in [4.78, 5) is 39.9. The van der Waals surface area contributed by atoms with Crippen molar-refractivity contribution >= 4 is 17.8 Å². The van der Waals surface area contributed by atoms with Crippen molar-refractivity contribution in [2.24, 2.45) is 0 Å². The van der Waals surface area contributed by atoms with Gasteiger partial charge in [0.25, 0.3) is 5.91 Å². The highest BCUT2D eigenvalue weighted by Gasteiger charge is 2.52. The highest BCUT2D eigenvalue weighted by molar-refractivity contribution is 6.09. The molecule has 6 nitrogen and oxygen atoms in total. The van der Waals surface area contributed by atoms with Gasteiger partial charge in [0.2, 0.25) is 5.91 Å². The fourth-order valence-electron chi connectivity index (χ4n) is 3.83. The van der Waals surface area contributed by atoms with Crippen molar-refractivity contribution in [1.29, 1.82) is 0 Å². The largest absolute Gasteiger partial charge is 0.338 e. The predicted octanol–water partition coefficient (Wildman–Crippen LogP) is 1.25. The van der Waals surface area contributed by atoms with Gasteiger partial charge >= 0.3 is 6.03 Å². The molecule has 3 rings (SSSR count). The maximum Gasteiger partial charge on any atom is 0.325 e. The summed E-state index contributed by atoms with van der Waals surface area (Å²) in [6.07, 6.45) is 6.44. The van der Waals surface area contributed by atoms with Gasteiger partial charge in [-0.05, 0) is 39.0 Å². The molecule has 2 heterocycles.